The predicted molar refractivity (Wildman–Crippen MR) is 82.9 cm³/mol. The summed E-state index contributed by atoms with van der Waals surface area (Å²) in [6, 6.07) is 19.5. The lowest BCUT2D eigenvalue weighted by Crippen LogP contribution is -1.81. The van der Waals surface area contributed by atoms with Gasteiger partial charge in [-0.2, -0.15) is 0 Å². The monoisotopic (exact) mass is 288 g/mol. The molecule has 0 bridgehead atoms. The Morgan fingerprint density at radius 3 is 1.36 bits per heavy atom. The zero-order chi connectivity index (χ0) is 14.8. The zero-order valence-corrected chi connectivity index (χ0v) is 11.6. The normalized spacial score (nSPS) is 10.7. The third-order valence-corrected chi connectivity index (χ3v) is 3.31. The SMILES string of the molecule is c1ccc(-c2nc(-c3coc(-c4ccccc4)n3)co2)cc1. The van der Waals surface area contributed by atoms with E-state index in [2.05, 4.69) is 9.97 Å². The Morgan fingerprint density at radius 2 is 0.955 bits per heavy atom. The molecule has 0 radical (unpaired) electrons. The van der Waals surface area contributed by atoms with Gasteiger partial charge >= 0.3 is 0 Å². The van der Waals surface area contributed by atoms with Crippen molar-refractivity contribution in [2.24, 2.45) is 0 Å². The standard InChI is InChI=1S/C18H12N2O2/c1-3-7-13(8-4-1)17-19-15(11-21-17)16-12-22-18(20-16)14-9-5-2-6-10-14/h1-12H. The number of oxazole rings is 2. The molecule has 0 atom stereocenters. The summed E-state index contributed by atoms with van der Waals surface area (Å²) >= 11 is 0. The summed E-state index contributed by atoms with van der Waals surface area (Å²) in [5.74, 6) is 1.14. The van der Waals surface area contributed by atoms with Crippen LogP contribution in [0.3, 0.4) is 0 Å². The molecule has 0 N–H and O–H groups in total. The summed E-state index contributed by atoms with van der Waals surface area (Å²) < 4.78 is 11.1. The first-order chi connectivity index (χ1) is 10.9. The van der Waals surface area contributed by atoms with Crippen molar-refractivity contribution in [2.75, 3.05) is 0 Å². The number of nitrogens with zero attached hydrogens (tertiary/aromatic N) is 2. The van der Waals surface area contributed by atoms with Crippen LogP contribution in [0.2, 0.25) is 0 Å². The Morgan fingerprint density at radius 1 is 0.545 bits per heavy atom. The number of benzene rings is 2. The largest absolute Gasteiger partial charge is 0.444 e. The van der Waals surface area contributed by atoms with Gasteiger partial charge in [0.1, 0.15) is 23.9 Å². The smallest absolute Gasteiger partial charge is 0.226 e. The fourth-order valence-electron chi connectivity index (χ4n) is 2.21. The van der Waals surface area contributed by atoms with Crippen LogP contribution in [-0.2, 0) is 0 Å². The Balaban J connectivity index is 1.66. The molecule has 0 saturated carbocycles. The fraction of sp³-hybridized carbons (Fsp3) is 0. The highest BCUT2D eigenvalue weighted by atomic mass is 16.3. The summed E-state index contributed by atoms with van der Waals surface area (Å²) in [4.78, 5) is 8.94. The van der Waals surface area contributed by atoms with Gasteiger partial charge in [-0.15, -0.1) is 0 Å². The van der Waals surface area contributed by atoms with Crippen molar-refractivity contribution in [3.05, 3.63) is 73.2 Å². The van der Waals surface area contributed by atoms with Crippen LogP contribution in [0.5, 0.6) is 0 Å². The number of hydrogen-bond donors (Lipinski definition) is 0. The van der Waals surface area contributed by atoms with Gasteiger partial charge in [-0.3, -0.25) is 0 Å². The average Bonchev–Trinajstić information content (AvgIpc) is 3.26. The van der Waals surface area contributed by atoms with Crippen LogP contribution >= 0.6 is 0 Å². The van der Waals surface area contributed by atoms with Crippen LogP contribution in [-0.4, -0.2) is 9.97 Å². The maximum absolute atomic E-state index is 5.53. The first kappa shape index (κ1) is 12.6. The van der Waals surface area contributed by atoms with Crippen LogP contribution in [0, 0.1) is 0 Å². The molecular weight excluding hydrogens is 276 g/mol. The van der Waals surface area contributed by atoms with Gasteiger partial charge in [0.05, 0.1) is 0 Å². The van der Waals surface area contributed by atoms with E-state index < -0.39 is 0 Å². The summed E-state index contributed by atoms with van der Waals surface area (Å²) in [5, 5.41) is 0. The highest BCUT2D eigenvalue weighted by molar-refractivity contribution is 5.62. The second kappa shape index (κ2) is 5.33. The van der Waals surface area contributed by atoms with E-state index in [1.807, 2.05) is 60.7 Å². The molecule has 22 heavy (non-hydrogen) atoms. The topological polar surface area (TPSA) is 52.1 Å². The summed E-state index contributed by atoms with van der Waals surface area (Å²) in [6.07, 6.45) is 3.18. The fourth-order valence-corrected chi connectivity index (χ4v) is 2.21. The van der Waals surface area contributed by atoms with E-state index in [-0.39, 0.29) is 0 Å². The second-order valence-corrected chi connectivity index (χ2v) is 4.81. The van der Waals surface area contributed by atoms with Crippen LogP contribution in [0.4, 0.5) is 0 Å². The number of rotatable bonds is 3. The van der Waals surface area contributed by atoms with E-state index in [1.165, 1.54) is 0 Å². The molecule has 0 saturated heterocycles. The minimum Gasteiger partial charge on any atom is -0.444 e. The van der Waals surface area contributed by atoms with Gasteiger partial charge in [-0.05, 0) is 24.3 Å². The lowest BCUT2D eigenvalue weighted by molar-refractivity contribution is 0.573. The van der Waals surface area contributed by atoms with Gasteiger partial charge in [0, 0.05) is 11.1 Å². The highest BCUT2D eigenvalue weighted by Gasteiger charge is 2.13. The third kappa shape index (κ3) is 2.31. The van der Waals surface area contributed by atoms with Crippen LogP contribution in [0.15, 0.2) is 82.0 Å². The van der Waals surface area contributed by atoms with Gasteiger partial charge in [0.25, 0.3) is 0 Å². The molecule has 0 spiro atoms. The number of aromatic nitrogens is 2. The number of hydrogen-bond acceptors (Lipinski definition) is 4. The maximum Gasteiger partial charge on any atom is 0.226 e. The van der Waals surface area contributed by atoms with Gasteiger partial charge in [0.15, 0.2) is 0 Å². The minimum absolute atomic E-state index is 0.569. The quantitative estimate of drug-likeness (QED) is 0.550. The summed E-state index contributed by atoms with van der Waals surface area (Å²) in [6.45, 7) is 0. The molecule has 2 aromatic heterocycles. The van der Waals surface area contributed by atoms with Crippen molar-refractivity contribution >= 4 is 0 Å². The molecule has 4 heteroatoms. The van der Waals surface area contributed by atoms with Crippen molar-refractivity contribution in [3.63, 3.8) is 0 Å². The molecule has 0 fully saturated rings. The van der Waals surface area contributed by atoms with Crippen molar-refractivity contribution in [1.29, 1.82) is 0 Å². The molecular formula is C18H12N2O2. The molecule has 0 aliphatic heterocycles. The van der Waals surface area contributed by atoms with E-state index in [1.54, 1.807) is 12.5 Å². The lowest BCUT2D eigenvalue weighted by atomic mass is 10.2. The first-order valence-electron chi connectivity index (χ1n) is 6.92. The van der Waals surface area contributed by atoms with E-state index >= 15 is 0 Å². The van der Waals surface area contributed by atoms with Gasteiger partial charge in [-0.1, -0.05) is 36.4 Å². The highest BCUT2D eigenvalue weighted by Crippen LogP contribution is 2.26. The Kier molecular flexibility index (Phi) is 3.05. The lowest BCUT2D eigenvalue weighted by Gasteiger charge is -1.92. The molecule has 2 heterocycles. The maximum atomic E-state index is 5.53. The van der Waals surface area contributed by atoms with Crippen molar-refractivity contribution < 1.29 is 8.83 Å². The van der Waals surface area contributed by atoms with E-state index in [4.69, 9.17) is 8.83 Å². The van der Waals surface area contributed by atoms with Crippen LogP contribution < -0.4 is 0 Å². The van der Waals surface area contributed by atoms with Crippen molar-refractivity contribution in [2.45, 2.75) is 0 Å². The Labute approximate surface area is 127 Å². The zero-order valence-electron chi connectivity index (χ0n) is 11.6. The molecule has 0 aliphatic carbocycles. The Hall–Kier alpha value is -3.14. The van der Waals surface area contributed by atoms with Crippen LogP contribution in [0.1, 0.15) is 0 Å². The van der Waals surface area contributed by atoms with E-state index in [0.717, 1.165) is 11.1 Å². The van der Waals surface area contributed by atoms with Gasteiger partial charge < -0.3 is 8.83 Å². The van der Waals surface area contributed by atoms with Gasteiger partial charge in [-0.25, -0.2) is 9.97 Å². The molecule has 4 nitrogen and oxygen atoms in total. The first-order valence-corrected chi connectivity index (χ1v) is 6.92. The van der Waals surface area contributed by atoms with Gasteiger partial charge in [0.2, 0.25) is 11.8 Å². The molecule has 0 aliphatic rings. The third-order valence-electron chi connectivity index (χ3n) is 3.31. The van der Waals surface area contributed by atoms with Crippen molar-refractivity contribution in [3.8, 4) is 34.3 Å². The summed E-state index contributed by atoms with van der Waals surface area (Å²) in [5.41, 5.74) is 3.18. The molecule has 4 rings (SSSR count). The van der Waals surface area contributed by atoms with Crippen molar-refractivity contribution in [1.82, 2.24) is 9.97 Å². The molecule has 0 amide bonds. The van der Waals surface area contributed by atoms with E-state index in [9.17, 15) is 0 Å². The van der Waals surface area contributed by atoms with E-state index in [0.29, 0.717) is 23.2 Å². The Bertz CT molecular complexity index is 804. The van der Waals surface area contributed by atoms with Crippen LogP contribution in [0.25, 0.3) is 34.3 Å². The predicted octanol–water partition coefficient (Wildman–Crippen LogP) is 4.66. The second-order valence-electron chi connectivity index (χ2n) is 4.81. The molecule has 106 valence electrons. The molecule has 0 unspecified atom stereocenters. The molecule has 2 aromatic carbocycles. The molecule has 4 aromatic rings. The summed E-state index contributed by atoms with van der Waals surface area (Å²) in [7, 11) is 0. The average molecular weight is 288 g/mol. The minimum atomic E-state index is 0.569.